The minimum Gasteiger partial charge on any atom is -0.361 e. The summed E-state index contributed by atoms with van der Waals surface area (Å²) in [5, 5.41) is 1.00. The van der Waals surface area contributed by atoms with E-state index in [9.17, 15) is 9.18 Å². The van der Waals surface area contributed by atoms with E-state index in [4.69, 9.17) is 0 Å². The van der Waals surface area contributed by atoms with Crippen LogP contribution in [0.4, 0.5) is 4.39 Å². The lowest BCUT2D eigenvalue weighted by Gasteiger charge is -2.18. The van der Waals surface area contributed by atoms with Crippen LogP contribution >= 0.6 is 0 Å². The molecule has 0 fully saturated rings. The third-order valence-corrected chi connectivity index (χ3v) is 3.47. The van der Waals surface area contributed by atoms with Crippen LogP contribution in [0.3, 0.4) is 0 Å². The Morgan fingerprint density at radius 1 is 1.19 bits per heavy atom. The molecule has 1 heterocycles. The average Bonchev–Trinajstić information content (AvgIpc) is 2.94. The summed E-state index contributed by atoms with van der Waals surface area (Å²) >= 11 is 0. The van der Waals surface area contributed by atoms with Crippen molar-refractivity contribution in [3.05, 3.63) is 71.7 Å². The van der Waals surface area contributed by atoms with Crippen molar-refractivity contribution in [1.82, 2.24) is 9.88 Å². The van der Waals surface area contributed by atoms with Gasteiger partial charge in [0.25, 0.3) is 5.91 Å². The Morgan fingerprint density at radius 2 is 2.00 bits per heavy atom. The molecule has 0 radical (unpaired) electrons. The van der Waals surface area contributed by atoms with Crippen LogP contribution in [0.1, 0.15) is 15.9 Å². The Labute approximate surface area is 122 Å². The summed E-state index contributed by atoms with van der Waals surface area (Å²) < 4.78 is 13.2. The fourth-order valence-electron chi connectivity index (χ4n) is 2.45. The summed E-state index contributed by atoms with van der Waals surface area (Å²) in [5.41, 5.74) is 2.22. The van der Waals surface area contributed by atoms with Crippen LogP contribution in [0.5, 0.6) is 0 Å². The number of carbonyl (C=O) groups is 1. The van der Waals surface area contributed by atoms with E-state index in [1.54, 1.807) is 24.1 Å². The van der Waals surface area contributed by atoms with Crippen molar-refractivity contribution in [3.8, 4) is 0 Å². The maximum Gasteiger partial charge on any atom is 0.256 e. The molecular formula is C17H15FN2O. The SMILES string of the molecule is CN(Cc1cccc(F)c1)C(=O)c1cccc2cc[nH]c12. The number of H-pyrrole nitrogens is 1. The first-order valence-electron chi connectivity index (χ1n) is 6.71. The minimum absolute atomic E-state index is 0.0905. The van der Waals surface area contributed by atoms with E-state index in [1.807, 2.05) is 30.5 Å². The summed E-state index contributed by atoms with van der Waals surface area (Å²) in [6, 6.07) is 13.8. The molecule has 1 aromatic heterocycles. The number of fused-ring (bicyclic) bond motifs is 1. The molecule has 4 heteroatoms. The van der Waals surface area contributed by atoms with Gasteiger partial charge in [-0.15, -0.1) is 0 Å². The number of carbonyl (C=O) groups excluding carboxylic acids is 1. The molecule has 2 aromatic carbocycles. The molecule has 0 saturated heterocycles. The van der Waals surface area contributed by atoms with Crippen molar-refractivity contribution in [2.24, 2.45) is 0 Å². The molecule has 0 aliphatic carbocycles. The van der Waals surface area contributed by atoms with Gasteiger partial charge in [-0.05, 0) is 29.8 Å². The number of aromatic amines is 1. The van der Waals surface area contributed by atoms with E-state index < -0.39 is 0 Å². The number of hydrogen-bond donors (Lipinski definition) is 1. The van der Waals surface area contributed by atoms with Crippen molar-refractivity contribution in [2.45, 2.75) is 6.54 Å². The molecule has 0 saturated carbocycles. The van der Waals surface area contributed by atoms with Gasteiger partial charge in [-0.2, -0.15) is 0 Å². The van der Waals surface area contributed by atoms with Crippen LogP contribution in [0.2, 0.25) is 0 Å². The number of para-hydroxylation sites is 1. The zero-order valence-electron chi connectivity index (χ0n) is 11.6. The lowest BCUT2D eigenvalue weighted by Crippen LogP contribution is -2.26. The first-order chi connectivity index (χ1) is 10.1. The van der Waals surface area contributed by atoms with Gasteiger partial charge in [-0.25, -0.2) is 4.39 Å². The van der Waals surface area contributed by atoms with E-state index in [0.29, 0.717) is 12.1 Å². The normalized spacial score (nSPS) is 10.8. The molecule has 0 bridgehead atoms. The van der Waals surface area contributed by atoms with Crippen molar-refractivity contribution >= 4 is 16.8 Å². The van der Waals surface area contributed by atoms with E-state index in [2.05, 4.69) is 4.98 Å². The van der Waals surface area contributed by atoms with Gasteiger partial charge in [-0.1, -0.05) is 24.3 Å². The van der Waals surface area contributed by atoms with Gasteiger partial charge in [0.15, 0.2) is 0 Å². The highest BCUT2D eigenvalue weighted by atomic mass is 19.1. The average molecular weight is 282 g/mol. The quantitative estimate of drug-likeness (QED) is 0.783. The highest BCUT2D eigenvalue weighted by molar-refractivity contribution is 6.05. The molecule has 0 unspecified atom stereocenters. The molecule has 1 N–H and O–H groups in total. The Morgan fingerprint density at radius 3 is 2.81 bits per heavy atom. The number of hydrogen-bond acceptors (Lipinski definition) is 1. The van der Waals surface area contributed by atoms with E-state index in [1.165, 1.54) is 12.1 Å². The second-order valence-corrected chi connectivity index (χ2v) is 5.04. The molecule has 21 heavy (non-hydrogen) atoms. The van der Waals surface area contributed by atoms with E-state index in [0.717, 1.165) is 16.5 Å². The molecule has 3 aromatic rings. The highest BCUT2D eigenvalue weighted by Crippen LogP contribution is 2.19. The summed E-state index contributed by atoms with van der Waals surface area (Å²) in [6.07, 6.45) is 1.81. The van der Waals surface area contributed by atoms with Gasteiger partial charge in [0.05, 0.1) is 11.1 Å². The van der Waals surface area contributed by atoms with Crippen LogP contribution < -0.4 is 0 Å². The first kappa shape index (κ1) is 13.4. The maximum absolute atomic E-state index is 13.2. The zero-order chi connectivity index (χ0) is 14.8. The smallest absolute Gasteiger partial charge is 0.256 e. The van der Waals surface area contributed by atoms with Gasteiger partial charge in [0.1, 0.15) is 5.82 Å². The fourth-order valence-corrected chi connectivity index (χ4v) is 2.45. The number of nitrogens with one attached hydrogen (secondary N) is 1. The van der Waals surface area contributed by atoms with Crippen molar-refractivity contribution in [3.63, 3.8) is 0 Å². The lowest BCUT2D eigenvalue weighted by molar-refractivity contribution is 0.0786. The second-order valence-electron chi connectivity index (χ2n) is 5.04. The van der Waals surface area contributed by atoms with Crippen molar-refractivity contribution in [2.75, 3.05) is 7.05 Å². The van der Waals surface area contributed by atoms with Crippen LogP contribution in [0.25, 0.3) is 10.9 Å². The Bertz CT molecular complexity index is 794. The molecule has 3 rings (SSSR count). The second kappa shape index (κ2) is 5.40. The molecule has 1 amide bonds. The summed E-state index contributed by atoms with van der Waals surface area (Å²) in [7, 11) is 1.72. The first-order valence-corrected chi connectivity index (χ1v) is 6.71. The Hall–Kier alpha value is -2.62. The third kappa shape index (κ3) is 2.65. The summed E-state index contributed by atoms with van der Waals surface area (Å²) in [4.78, 5) is 17.2. The molecule has 0 aliphatic heterocycles. The zero-order valence-corrected chi connectivity index (χ0v) is 11.6. The number of nitrogens with zero attached hydrogens (tertiary/aromatic N) is 1. The summed E-state index contributed by atoms with van der Waals surface area (Å²) in [6.45, 7) is 0.369. The number of halogens is 1. The summed E-state index contributed by atoms with van der Waals surface area (Å²) in [5.74, 6) is -0.382. The van der Waals surface area contributed by atoms with Crippen molar-refractivity contribution < 1.29 is 9.18 Å². The van der Waals surface area contributed by atoms with Gasteiger partial charge in [0, 0.05) is 25.2 Å². The number of amides is 1. The maximum atomic E-state index is 13.2. The van der Waals surface area contributed by atoms with Crippen LogP contribution in [0.15, 0.2) is 54.7 Å². The van der Waals surface area contributed by atoms with Gasteiger partial charge < -0.3 is 9.88 Å². The Kier molecular flexibility index (Phi) is 3.44. The van der Waals surface area contributed by atoms with Crippen LogP contribution in [-0.2, 0) is 6.54 Å². The number of aromatic nitrogens is 1. The van der Waals surface area contributed by atoms with E-state index in [-0.39, 0.29) is 11.7 Å². The standard InChI is InChI=1S/C17H15FN2O/c1-20(11-12-4-2-6-14(18)10-12)17(21)15-7-3-5-13-8-9-19-16(13)15/h2-10,19H,11H2,1H3. The molecule has 0 spiro atoms. The number of benzene rings is 2. The van der Waals surface area contributed by atoms with Gasteiger partial charge in [-0.3, -0.25) is 4.79 Å². The fraction of sp³-hybridized carbons (Fsp3) is 0.118. The molecule has 0 atom stereocenters. The predicted octanol–water partition coefficient (Wildman–Crippen LogP) is 3.58. The molecule has 106 valence electrons. The predicted molar refractivity (Wildman–Crippen MR) is 80.5 cm³/mol. The minimum atomic E-state index is -0.292. The molecular weight excluding hydrogens is 267 g/mol. The van der Waals surface area contributed by atoms with E-state index >= 15 is 0 Å². The van der Waals surface area contributed by atoms with Crippen LogP contribution in [-0.4, -0.2) is 22.8 Å². The van der Waals surface area contributed by atoms with Crippen molar-refractivity contribution in [1.29, 1.82) is 0 Å². The molecule has 3 nitrogen and oxygen atoms in total. The Balaban J connectivity index is 1.86. The highest BCUT2D eigenvalue weighted by Gasteiger charge is 2.15. The largest absolute Gasteiger partial charge is 0.361 e. The monoisotopic (exact) mass is 282 g/mol. The van der Waals surface area contributed by atoms with Crippen LogP contribution in [0, 0.1) is 5.82 Å². The topological polar surface area (TPSA) is 36.1 Å². The number of rotatable bonds is 3. The van der Waals surface area contributed by atoms with Gasteiger partial charge >= 0.3 is 0 Å². The van der Waals surface area contributed by atoms with Gasteiger partial charge in [0.2, 0.25) is 0 Å². The third-order valence-electron chi connectivity index (χ3n) is 3.47. The lowest BCUT2D eigenvalue weighted by atomic mass is 10.1. The molecule has 0 aliphatic rings.